The maximum atomic E-state index is 6.21. The Hall–Kier alpha value is -6.00. The largest absolute Gasteiger partial charge is 0.453 e. The SMILES string of the molecule is c1ccc(-c2cnc3c(ccc4cc(-c5ccc6cc(N7c8ccccc8Oc8ccccc87)ccc6c5)cnc43)c2)cc1. The van der Waals surface area contributed by atoms with Crippen molar-refractivity contribution < 1.29 is 4.74 Å². The molecule has 0 radical (unpaired) electrons. The van der Waals surface area contributed by atoms with E-state index in [4.69, 9.17) is 14.7 Å². The highest BCUT2D eigenvalue weighted by Gasteiger charge is 2.25. The van der Waals surface area contributed by atoms with E-state index in [-0.39, 0.29) is 0 Å². The number of rotatable bonds is 3. The summed E-state index contributed by atoms with van der Waals surface area (Å²) in [4.78, 5) is 12.0. The van der Waals surface area contributed by atoms with Crippen LogP contribution in [0.5, 0.6) is 11.5 Å². The fraction of sp³-hybridized carbons (Fsp3) is 0. The topological polar surface area (TPSA) is 38.2 Å². The molecule has 9 rings (SSSR count). The van der Waals surface area contributed by atoms with Gasteiger partial charge in [0.15, 0.2) is 11.5 Å². The molecule has 0 N–H and O–H groups in total. The summed E-state index contributed by atoms with van der Waals surface area (Å²) < 4.78 is 6.21. The van der Waals surface area contributed by atoms with Crippen LogP contribution in [-0.4, -0.2) is 9.97 Å². The maximum Gasteiger partial charge on any atom is 0.151 e. The standard InChI is InChI=1S/C40H25N3O/c1-2-8-26(9-3-1)32-21-30-16-17-31-22-33(25-42-40(31)39(30)41-24-32)28-14-15-29-23-34(19-18-27(29)20-28)43-35-10-4-6-12-37(35)44-38-13-7-5-11-36(38)43/h1-25H. The molecule has 1 aliphatic rings. The number of hydrogen-bond acceptors (Lipinski definition) is 4. The molecule has 0 saturated heterocycles. The van der Waals surface area contributed by atoms with E-state index >= 15 is 0 Å². The van der Waals surface area contributed by atoms with Crippen LogP contribution in [0, 0.1) is 0 Å². The first-order valence-corrected chi connectivity index (χ1v) is 14.7. The number of nitrogens with zero attached hydrogens (tertiary/aromatic N) is 3. The third-order valence-electron chi connectivity index (χ3n) is 8.46. The van der Waals surface area contributed by atoms with Crippen LogP contribution in [0.4, 0.5) is 17.1 Å². The van der Waals surface area contributed by atoms with E-state index in [0.717, 1.165) is 72.6 Å². The lowest BCUT2D eigenvalue weighted by Gasteiger charge is -2.32. The molecule has 8 aromatic rings. The van der Waals surface area contributed by atoms with E-state index in [9.17, 15) is 0 Å². The summed E-state index contributed by atoms with van der Waals surface area (Å²) in [5.41, 5.74) is 9.48. The Morgan fingerprint density at radius 1 is 0.409 bits per heavy atom. The molecule has 0 amide bonds. The first-order valence-electron chi connectivity index (χ1n) is 14.7. The molecule has 0 unspecified atom stereocenters. The average Bonchev–Trinajstić information content (AvgIpc) is 3.10. The Balaban J connectivity index is 1.08. The molecule has 0 atom stereocenters. The van der Waals surface area contributed by atoms with Crippen molar-refractivity contribution >= 4 is 49.6 Å². The number of ether oxygens (including phenoxy) is 1. The predicted octanol–water partition coefficient (Wildman–Crippen LogP) is 10.8. The lowest BCUT2D eigenvalue weighted by Crippen LogP contribution is -2.15. The molecule has 44 heavy (non-hydrogen) atoms. The third kappa shape index (κ3) is 4.00. The molecule has 1 aliphatic heterocycles. The molecule has 3 heterocycles. The van der Waals surface area contributed by atoms with Gasteiger partial charge in [0.2, 0.25) is 0 Å². The molecule has 206 valence electrons. The summed E-state index contributed by atoms with van der Waals surface area (Å²) in [7, 11) is 0. The molecule has 0 bridgehead atoms. The normalized spacial score (nSPS) is 12.2. The van der Waals surface area contributed by atoms with E-state index in [2.05, 4.69) is 114 Å². The van der Waals surface area contributed by atoms with Crippen LogP contribution < -0.4 is 9.64 Å². The molecule has 0 fully saturated rings. The minimum absolute atomic E-state index is 0.852. The zero-order valence-corrected chi connectivity index (χ0v) is 23.7. The quantitative estimate of drug-likeness (QED) is 0.200. The second-order valence-electron chi connectivity index (χ2n) is 11.1. The molecular weight excluding hydrogens is 538 g/mol. The van der Waals surface area contributed by atoms with Gasteiger partial charge < -0.3 is 9.64 Å². The summed E-state index contributed by atoms with van der Waals surface area (Å²) in [5, 5.41) is 4.52. The van der Waals surface area contributed by atoms with Crippen molar-refractivity contribution in [3.63, 3.8) is 0 Å². The summed E-state index contributed by atoms with van der Waals surface area (Å²) in [5.74, 6) is 1.70. The van der Waals surface area contributed by atoms with Crippen molar-refractivity contribution in [3.8, 4) is 33.8 Å². The van der Waals surface area contributed by atoms with Gasteiger partial charge in [-0.15, -0.1) is 0 Å². The van der Waals surface area contributed by atoms with Crippen LogP contribution >= 0.6 is 0 Å². The van der Waals surface area contributed by atoms with Gasteiger partial charge in [0, 0.05) is 40.0 Å². The molecule has 4 nitrogen and oxygen atoms in total. The Bertz CT molecular complexity index is 2340. The number of hydrogen-bond donors (Lipinski definition) is 0. The monoisotopic (exact) mass is 563 g/mol. The van der Waals surface area contributed by atoms with Crippen molar-refractivity contribution in [1.29, 1.82) is 0 Å². The summed E-state index contributed by atoms with van der Waals surface area (Å²) in [6.07, 6.45) is 3.91. The fourth-order valence-electron chi connectivity index (χ4n) is 6.27. The molecule has 4 heteroatoms. The van der Waals surface area contributed by atoms with E-state index in [1.807, 2.05) is 42.7 Å². The highest BCUT2D eigenvalue weighted by atomic mass is 16.5. The number of pyridine rings is 2. The lowest BCUT2D eigenvalue weighted by molar-refractivity contribution is 0.477. The minimum Gasteiger partial charge on any atom is -0.453 e. The molecule has 0 aliphatic carbocycles. The first-order chi connectivity index (χ1) is 21.8. The van der Waals surface area contributed by atoms with Gasteiger partial charge in [0.05, 0.1) is 22.4 Å². The highest BCUT2D eigenvalue weighted by Crippen LogP contribution is 2.50. The van der Waals surface area contributed by atoms with E-state index in [1.54, 1.807) is 0 Å². The first kappa shape index (κ1) is 24.6. The van der Waals surface area contributed by atoms with Crippen molar-refractivity contribution in [3.05, 3.63) is 152 Å². The molecule has 0 saturated carbocycles. The Morgan fingerprint density at radius 3 is 1.61 bits per heavy atom. The van der Waals surface area contributed by atoms with E-state index in [0.29, 0.717) is 0 Å². The third-order valence-corrected chi connectivity index (χ3v) is 8.46. The minimum atomic E-state index is 0.852. The Kier molecular flexibility index (Phi) is 5.47. The van der Waals surface area contributed by atoms with Crippen molar-refractivity contribution in [2.24, 2.45) is 0 Å². The lowest BCUT2D eigenvalue weighted by atomic mass is 9.99. The van der Waals surface area contributed by atoms with Crippen LogP contribution in [0.2, 0.25) is 0 Å². The van der Waals surface area contributed by atoms with Crippen LogP contribution in [0.25, 0.3) is 54.8 Å². The average molecular weight is 564 g/mol. The van der Waals surface area contributed by atoms with Crippen LogP contribution in [0.1, 0.15) is 0 Å². The zero-order valence-electron chi connectivity index (χ0n) is 23.7. The van der Waals surface area contributed by atoms with Gasteiger partial charge in [-0.05, 0) is 76.5 Å². The van der Waals surface area contributed by atoms with Gasteiger partial charge >= 0.3 is 0 Å². The van der Waals surface area contributed by atoms with Gasteiger partial charge in [-0.25, -0.2) is 0 Å². The van der Waals surface area contributed by atoms with E-state index < -0.39 is 0 Å². The van der Waals surface area contributed by atoms with Crippen LogP contribution in [0.15, 0.2) is 152 Å². The Morgan fingerprint density at radius 2 is 0.932 bits per heavy atom. The van der Waals surface area contributed by atoms with Crippen molar-refractivity contribution in [1.82, 2.24) is 9.97 Å². The van der Waals surface area contributed by atoms with E-state index in [1.165, 1.54) is 10.8 Å². The second kappa shape index (κ2) is 9.79. The highest BCUT2D eigenvalue weighted by molar-refractivity contribution is 6.05. The predicted molar refractivity (Wildman–Crippen MR) is 180 cm³/mol. The number of para-hydroxylation sites is 4. The van der Waals surface area contributed by atoms with Crippen molar-refractivity contribution in [2.75, 3.05) is 4.90 Å². The Labute approximate surface area is 254 Å². The molecule has 6 aromatic carbocycles. The van der Waals surface area contributed by atoms with Gasteiger partial charge in [-0.1, -0.05) is 84.9 Å². The smallest absolute Gasteiger partial charge is 0.151 e. The number of fused-ring (bicyclic) bond motifs is 6. The van der Waals surface area contributed by atoms with Gasteiger partial charge in [0.1, 0.15) is 0 Å². The van der Waals surface area contributed by atoms with Gasteiger partial charge in [-0.2, -0.15) is 0 Å². The zero-order chi connectivity index (χ0) is 29.0. The fourth-order valence-corrected chi connectivity index (χ4v) is 6.27. The number of anilines is 3. The van der Waals surface area contributed by atoms with Gasteiger partial charge in [0.25, 0.3) is 0 Å². The second-order valence-corrected chi connectivity index (χ2v) is 11.1. The maximum absolute atomic E-state index is 6.21. The number of aromatic nitrogens is 2. The van der Waals surface area contributed by atoms with Gasteiger partial charge in [-0.3, -0.25) is 9.97 Å². The van der Waals surface area contributed by atoms with Crippen LogP contribution in [0.3, 0.4) is 0 Å². The van der Waals surface area contributed by atoms with Crippen molar-refractivity contribution in [2.45, 2.75) is 0 Å². The summed E-state index contributed by atoms with van der Waals surface area (Å²) >= 11 is 0. The number of benzene rings is 6. The molecular formula is C40H25N3O. The molecule has 0 spiro atoms. The summed E-state index contributed by atoms with van der Waals surface area (Å²) in [6.45, 7) is 0. The summed E-state index contributed by atoms with van der Waals surface area (Å²) in [6, 6.07) is 48.7. The molecule has 2 aromatic heterocycles. The van der Waals surface area contributed by atoms with Crippen LogP contribution in [-0.2, 0) is 0 Å².